The van der Waals surface area contributed by atoms with Gasteiger partial charge in [-0.25, -0.2) is 22.7 Å². The first-order chi connectivity index (χ1) is 15.1. The van der Waals surface area contributed by atoms with Crippen LogP contribution >= 0.6 is 0 Å². The fourth-order valence-corrected chi connectivity index (χ4v) is 3.98. The molecule has 1 aliphatic rings. The zero-order chi connectivity index (χ0) is 23.7. The van der Waals surface area contributed by atoms with Crippen LogP contribution in [0.25, 0.3) is 0 Å². The molecule has 172 valence electrons. The smallest absolute Gasteiger partial charge is 0.414 e. The number of aliphatic carboxylic acids is 2. The van der Waals surface area contributed by atoms with Crippen LogP contribution in [-0.4, -0.2) is 55.7 Å². The third-order valence-corrected chi connectivity index (χ3v) is 5.78. The third-order valence-electron chi connectivity index (χ3n) is 4.11. The fourth-order valence-electron chi connectivity index (χ4n) is 2.72. The summed E-state index contributed by atoms with van der Waals surface area (Å²) in [6, 6.07) is 15.0. The summed E-state index contributed by atoms with van der Waals surface area (Å²) in [5.74, 6) is -2.84. The normalized spacial score (nSPS) is 12.9. The molecule has 3 rings (SSSR count). The molecule has 0 amide bonds. The van der Waals surface area contributed by atoms with Crippen LogP contribution in [0.1, 0.15) is 25.0 Å². The predicted molar refractivity (Wildman–Crippen MR) is 120 cm³/mol. The molecule has 5 N–H and O–H groups in total. The van der Waals surface area contributed by atoms with E-state index in [1.807, 2.05) is 24.3 Å². The average molecular weight is 463 g/mol. The standard InChI is InChI=1S/C19H24N4O2S.C2H2O4/c1-14(2)23-26(24,25)18-9-5-16(6-10-18)13-15-3-7-17(8-4-15)22-19-20-11-12-21-19;3-1(4)2(5)6/h3-10,14,23H,11-13H2,1-2H3,(H2,20,21,22);(H,3,4)(H,5,6). The number of carbonyl (C=O) groups is 2. The van der Waals surface area contributed by atoms with E-state index in [2.05, 4.69) is 32.5 Å². The lowest BCUT2D eigenvalue weighted by atomic mass is 10.0. The summed E-state index contributed by atoms with van der Waals surface area (Å²) < 4.78 is 26.9. The first-order valence-corrected chi connectivity index (χ1v) is 11.3. The van der Waals surface area contributed by atoms with Crippen molar-refractivity contribution in [3.63, 3.8) is 0 Å². The number of nitrogens with zero attached hydrogens (tertiary/aromatic N) is 1. The summed E-state index contributed by atoms with van der Waals surface area (Å²) >= 11 is 0. The number of aliphatic imine (C=N–C) groups is 1. The molecule has 0 saturated carbocycles. The van der Waals surface area contributed by atoms with Gasteiger partial charge in [-0.15, -0.1) is 0 Å². The topological polar surface area (TPSA) is 157 Å². The lowest BCUT2D eigenvalue weighted by molar-refractivity contribution is -0.159. The van der Waals surface area contributed by atoms with Crippen molar-refractivity contribution in [1.82, 2.24) is 10.0 Å². The minimum atomic E-state index is -3.44. The fraction of sp³-hybridized carbons (Fsp3) is 0.286. The summed E-state index contributed by atoms with van der Waals surface area (Å²) in [5.41, 5.74) is 3.21. The van der Waals surface area contributed by atoms with Gasteiger partial charge in [0, 0.05) is 18.3 Å². The van der Waals surface area contributed by atoms with Gasteiger partial charge in [-0.3, -0.25) is 4.99 Å². The number of sulfonamides is 1. The quantitative estimate of drug-likeness (QED) is 0.404. The summed E-state index contributed by atoms with van der Waals surface area (Å²) in [6.45, 7) is 5.29. The molecule has 0 aromatic heterocycles. The number of carboxylic acid groups (broad SMARTS) is 2. The molecular formula is C21H26N4O6S. The van der Waals surface area contributed by atoms with E-state index in [1.165, 1.54) is 0 Å². The zero-order valence-corrected chi connectivity index (χ0v) is 18.5. The molecule has 0 saturated heterocycles. The summed E-state index contributed by atoms with van der Waals surface area (Å²) in [7, 11) is -3.44. The van der Waals surface area contributed by atoms with Crippen LogP contribution in [0.5, 0.6) is 0 Å². The maximum absolute atomic E-state index is 12.2. The Hall–Kier alpha value is -3.44. The highest BCUT2D eigenvalue weighted by Crippen LogP contribution is 2.16. The van der Waals surface area contributed by atoms with Crippen molar-refractivity contribution >= 4 is 33.6 Å². The largest absolute Gasteiger partial charge is 0.473 e. The van der Waals surface area contributed by atoms with Crippen molar-refractivity contribution in [3.05, 3.63) is 59.7 Å². The molecule has 1 aliphatic heterocycles. The van der Waals surface area contributed by atoms with Crippen LogP contribution in [0, 0.1) is 0 Å². The van der Waals surface area contributed by atoms with E-state index in [9.17, 15) is 8.42 Å². The van der Waals surface area contributed by atoms with Crippen LogP contribution in [0.3, 0.4) is 0 Å². The first-order valence-electron chi connectivity index (χ1n) is 9.78. The Labute approximate surface area is 186 Å². The molecule has 2 aromatic carbocycles. The number of anilines is 1. The van der Waals surface area contributed by atoms with Gasteiger partial charge >= 0.3 is 11.9 Å². The number of hydrogen-bond acceptors (Lipinski definition) is 7. The maximum atomic E-state index is 12.2. The van der Waals surface area contributed by atoms with Gasteiger partial charge in [0.25, 0.3) is 0 Å². The molecule has 0 fully saturated rings. The Kier molecular flexibility index (Phi) is 8.73. The van der Waals surface area contributed by atoms with Crippen molar-refractivity contribution in [3.8, 4) is 0 Å². The minimum absolute atomic E-state index is 0.128. The van der Waals surface area contributed by atoms with Gasteiger partial charge in [0.1, 0.15) is 0 Å². The molecule has 32 heavy (non-hydrogen) atoms. The van der Waals surface area contributed by atoms with E-state index in [1.54, 1.807) is 26.0 Å². The predicted octanol–water partition coefficient (Wildman–Crippen LogP) is 1.49. The average Bonchev–Trinajstić information content (AvgIpc) is 3.22. The van der Waals surface area contributed by atoms with Gasteiger partial charge in [-0.2, -0.15) is 0 Å². The molecule has 10 nitrogen and oxygen atoms in total. The van der Waals surface area contributed by atoms with E-state index in [0.29, 0.717) is 4.90 Å². The molecule has 1 heterocycles. The van der Waals surface area contributed by atoms with Crippen molar-refractivity contribution in [2.75, 3.05) is 18.4 Å². The van der Waals surface area contributed by atoms with E-state index >= 15 is 0 Å². The van der Waals surface area contributed by atoms with Crippen LogP contribution in [0.2, 0.25) is 0 Å². The molecule has 0 radical (unpaired) electrons. The van der Waals surface area contributed by atoms with Gasteiger partial charge in [0.05, 0.1) is 11.4 Å². The lowest BCUT2D eigenvalue weighted by Crippen LogP contribution is -2.30. The SMILES string of the molecule is CC(C)NS(=O)(=O)c1ccc(Cc2ccc(NC3=NCCN3)cc2)cc1.O=C(O)C(=O)O. The van der Waals surface area contributed by atoms with Gasteiger partial charge in [-0.1, -0.05) is 24.3 Å². The van der Waals surface area contributed by atoms with E-state index in [0.717, 1.165) is 42.3 Å². The maximum Gasteiger partial charge on any atom is 0.414 e. The molecule has 0 spiro atoms. The molecule has 0 atom stereocenters. The second-order valence-electron chi connectivity index (χ2n) is 7.19. The zero-order valence-electron chi connectivity index (χ0n) is 17.7. The number of nitrogens with one attached hydrogen (secondary N) is 3. The van der Waals surface area contributed by atoms with E-state index in [4.69, 9.17) is 19.8 Å². The molecule has 0 aliphatic carbocycles. The van der Waals surface area contributed by atoms with Gasteiger partial charge in [0.15, 0.2) is 5.96 Å². The molecule has 0 bridgehead atoms. The Morgan fingerprint density at radius 3 is 1.97 bits per heavy atom. The summed E-state index contributed by atoms with van der Waals surface area (Å²) in [6.07, 6.45) is 0.747. The summed E-state index contributed by atoms with van der Waals surface area (Å²) in [5, 5.41) is 21.2. The van der Waals surface area contributed by atoms with E-state index < -0.39 is 22.0 Å². The van der Waals surface area contributed by atoms with Gasteiger partial charge < -0.3 is 20.8 Å². The number of hydrogen-bond donors (Lipinski definition) is 5. The van der Waals surface area contributed by atoms with Crippen LogP contribution in [0.15, 0.2) is 58.4 Å². The number of benzene rings is 2. The number of guanidine groups is 1. The Bertz CT molecular complexity index is 1050. The van der Waals surface area contributed by atoms with Crippen LogP contribution < -0.4 is 15.4 Å². The Morgan fingerprint density at radius 1 is 1.00 bits per heavy atom. The molecule has 11 heteroatoms. The molecule has 2 aromatic rings. The second-order valence-corrected chi connectivity index (χ2v) is 8.90. The monoisotopic (exact) mass is 462 g/mol. The van der Waals surface area contributed by atoms with Crippen molar-refractivity contribution in [2.24, 2.45) is 4.99 Å². The van der Waals surface area contributed by atoms with E-state index in [-0.39, 0.29) is 6.04 Å². The Morgan fingerprint density at radius 2 is 1.53 bits per heavy atom. The lowest BCUT2D eigenvalue weighted by Gasteiger charge is -2.10. The van der Waals surface area contributed by atoms with Gasteiger partial charge in [-0.05, 0) is 55.7 Å². The Balaban J connectivity index is 0.000000534. The number of carboxylic acids is 2. The first kappa shape index (κ1) is 24.8. The molecular weight excluding hydrogens is 436 g/mol. The van der Waals surface area contributed by atoms with Crippen molar-refractivity contribution in [2.45, 2.75) is 31.2 Å². The highest BCUT2D eigenvalue weighted by Gasteiger charge is 2.14. The second kappa shape index (κ2) is 11.3. The third kappa shape index (κ3) is 8.00. The molecule has 0 unspecified atom stereocenters. The van der Waals surface area contributed by atoms with Crippen molar-refractivity contribution in [1.29, 1.82) is 0 Å². The highest BCUT2D eigenvalue weighted by molar-refractivity contribution is 7.89. The summed E-state index contributed by atoms with van der Waals surface area (Å²) in [4.78, 5) is 22.8. The number of rotatable bonds is 6. The highest BCUT2D eigenvalue weighted by atomic mass is 32.2. The van der Waals surface area contributed by atoms with Crippen LogP contribution in [0.4, 0.5) is 5.69 Å². The minimum Gasteiger partial charge on any atom is -0.473 e. The van der Waals surface area contributed by atoms with Crippen LogP contribution in [-0.2, 0) is 26.0 Å². The van der Waals surface area contributed by atoms with Crippen molar-refractivity contribution < 1.29 is 28.2 Å². The van der Waals surface area contributed by atoms with Gasteiger partial charge in [0.2, 0.25) is 10.0 Å².